The molecule has 0 bridgehead atoms. The highest BCUT2D eigenvalue weighted by molar-refractivity contribution is 7.99. The van der Waals surface area contributed by atoms with Crippen LogP contribution in [0.15, 0.2) is 28.4 Å². The van der Waals surface area contributed by atoms with Gasteiger partial charge in [-0.1, -0.05) is 11.8 Å². The maximum atomic E-state index is 5.28. The highest BCUT2D eigenvalue weighted by atomic mass is 32.2. The first-order valence-corrected chi connectivity index (χ1v) is 5.48. The van der Waals surface area contributed by atoms with Gasteiger partial charge in [0.25, 0.3) is 0 Å². The van der Waals surface area contributed by atoms with Gasteiger partial charge in [0.2, 0.25) is 5.95 Å². The van der Waals surface area contributed by atoms with Crippen molar-refractivity contribution in [2.75, 3.05) is 5.43 Å². The Morgan fingerprint density at radius 2 is 2.25 bits per heavy atom. The molecular weight excluding hydrogens is 224 g/mol. The Bertz CT molecular complexity index is 494. The SMILES string of the molecule is Cc1cc(Sc2cnn(C)c2)nc(NN)n1. The number of aryl methyl sites for hydroxylation is 2. The van der Waals surface area contributed by atoms with E-state index >= 15 is 0 Å². The minimum Gasteiger partial charge on any atom is -0.292 e. The van der Waals surface area contributed by atoms with Crippen molar-refractivity contribution >= 4 is 17.7 Å². The molecule has 2 rings (SSSR count). The first kappa shape index (κ1) is 10.9. The van der Waals surface area contributed by atoms with Crippen LogP contribution in [0.5, 0.6) is 0 Å². The topological polar surface area (TPSA) is 81.7 Å². The van der Waals surface area contributed by atoms with Crippen LogP contribution in [0.1, 0.15) is 5.69 Å². The van der Waals surface area contributed by atoms with E-state index in [0.29, 0.717) is 5.95 Å². The lowest BCUT2D eigenvalue weighted by atomic mass is 10.5. The molecule has 7 heteroatoms. The van der Waals surface area contributed by atoms with Gasteiger partial charge in [-0.3, -0.25) is 10.1 Å². The van der Waals surface area contributed by atoms with Gasteiger partial charge in [0.1, 0.15) is 5.03 Å². The molecule has 6 nitrogen and oxygen atoms in total. The average Bonchev–Trinajstić information content (AvgIpc) is 2.63. The summed E-state index contributed by atoms with van der Waals surface area (Å²) in [6.45, 7) is 1.90. The largest absolute Gasteiger partial charge is 0.292 e. The second kappa shape index (κ2) is 4.50. The van der Waals surface area contributed by atoms with Crippen LogP contribution in [0.3, 0.4) is 0 Å². The third-order valence-electron chi connectivity index (χ3n) is 1.86. The van der Waals surface area contributed by atoms with E-state index in [1.807, 2.05) is 26.2 Å². The number of nitrogen functional groups attached to an aromatic ring is 1. The average molecular weight is 236 g/mol. The van der Waals surface area contributed by atoms with E-state index in [9.17, 15) is 0 Å². The minimum atomic E-state index is 0.423. The van der Waals surface area contributed by atoms with E-state index in [0.717, 1.165) is 15.6 Å². The Labute approximate surface area is 97.2 Å². The van der Waals surface area contributed by atoms with Crippen LogP contribution >= 0.6 is 11.8 Å². The monoisotopic (exact) mass is 236 g/mol. The van der Waals surface area contributed by atoms with Gasteiger partial charge < -0.3 is 0 Å². The van der Waals surface area contributed by atoms with Crippen molar-refractivity contribution in [2.45, 2.75) is 16.8 Å². The first-order valence-electron chi connectivity index (χ1n) is 4.66. The molecule has 0 fully saturated rings. The lowest BCUT2D eigenvalue weighted by molar-refractivity contribution is 0.766. The summed E-state index contributed by atoms with van der Waals surface area (Å²) in [5, 5.41) is 4.93. The quantitative estimate of drug-likeness (QED) is 0.469. The predicted molar refractivity (Wildman–Crippen MR) is 61.9 cm³/mol. The minimum absolute atomic E-state index is 0.423. The molecule has 0 amide bonds. The van der Waals surface area contributed by atoms with E-state index in [1.54, 1.807) is 10.9 Å². The summed E-state index contributed by atoms with van der Waals surface area (Å²) < 4.78 is 1.75. The Morgan fingerprint density at radius 3 is 2.88 bits per heavy atom. The van der Waals surface area contributed by atoms with Crippen LogP contribution in [0, 0.1) is 6.92 Å². The van der Waals surface area contributed by atoms with Gasteiger partial charge in [-0.15, -0.1) is 0 Å². The molecule has 84 valence electrons. The molecule has 0 aliphatic heterocycles. The number of hydrogen-bond acceptors (Lipinski definition) is 6. The van der Waals surface area contributed by atoms with Crippen molar-refractivity contribution < 1.29 is 0 Å². The van der Waals surface area contributed by atoms with E-state index < -0.39 is 0 Å². The molecule has 0 aliphatic carbocycles. The maximum Gasteiger partial charge on any atom is 0.238 e. The molecule has 0 saturated carbocycles. The van der Waals surface area contributed by atoms with Gasteiger partial charge in [0.15, 0.2) is 0 Å². The molecule has 0 atom stereocenters. The van der Waals surface area contributed by atoms with Gasteiger partial charge in [-0.25, -0.2) is 15.8 Å². The maximum absolute atomic E-state index is 5.28. The number of nitrogens with one attached hydrogen (secondary N) is 1. The second-order valence-electron chi connectivity index (χ2n) is 3.27. The summed E-state index contributed by atoms with van der Waals surface area (Å²) >= 11 is 1.52. The molecule has 2 aromatic heterocycles. The molecule has 2 aromatic rings. The summed E-state index contributed by atoms with van der Waals surface area (Å²) in [6.07, 6.45) is 3.72. The van der Waals surface area contributed by atoms with Crippen molar-refractivity contribution in [1.29, 1.82) is 0 Å². The van der Waals surface area contributed by atoms with Crippen LogP contribution in [-0.2, 0) is 7.05 Å². The van der Waals surface area contributed by atoms with Crippen molar-refractivity contribution in [3.8, 4) is 0 Å². The smallest absolute Gasteiger partial charge is 0.238 e. The highest BCUT2D eigenvalue weighted by Gasteiger charge is 2.04. The van der Waals surface area contributed by atoms with Crippen molar-refractivity contribution in [3.05, 3.63) is 24.2 Å². The zero-order chi connectivity index (χ0) is 11.5. The fourth-order valence-corrected chi connectivity index (χ4v) is 2.14. The number of hydrogen-bond donors (Lipinski definition) is 2. The molecule has 0 unspecified atom stereocenters. The number of aromatic nitrogens is 4. The molecule has 2 heterocycles. The van der Waals surface area contributed by atoms with Gasteiger partial charge in [0, 0.05) is 18.9 Å². The molecule has 3 N–H and O–H groups in total. The fourth-order valence-electron chi connectivity index (χ4n) is 1.23. The molecule has 0 aliphatic rings. The summed E-state index contributed by atoms with van der Waals surface area (Å²) in [5.74, 6) is 5.71. The lowest BCUT2D eigenvalue weighted by Gasteiger charge is -2.03. The van der Waals surface area contributed by atoms with Gasteiger partial charge in [-0.05, 0) is 13.0 Å². The molecule has 0 radical (unpaired) electrons. The predicted octanol–water partition coefficient (Wildman–Crippen LogP) is 0.955. The van der Waals surface area contributed by atoms with E-state index in [2.05, 4.69) is 20.5 Å². The molecule has 0 saturated heterocycles. The van der Waals surface area contributed by atoms with Crippen molar-refractivity contribution in [3.63, 3.8) is 0 Å². The van der Waals surface area contributed by atoms with Crippen LogP contribution in [0.25, 0.3) is 0 Å². The third-order valence-corrected chi connectivity index (χ3v) is 2.73. The zero-order valence-electron chi connectivity index (χ0n) is 9.01. The third kappa shape index (κ3) is 2.50. The normalized spacial score (nSPS) is 10.4. The summed E-state index contributed by atoms with van der Waals surface area (Å²) in [6, 6.07) is 1.90. The summed E-state index contributed by atoms with van der Waals surface area (Å²) in [7, 11) is 1.88. The molecule has 0 spiro atoms. The van der Waals surface area contributed by atoms with Gasteiger partial charge in [-0.2, -0.15) is 5.10 Å². The number of nitrogens with two attached hydrogens (primary N) is 1. The Hall–Kier alpha value is -1.60. The van der Waals surface area contributed by atoms with Crippen LogP contribution in [-0.4, -0.2) is 19.7 Å². The van der Waals surface area contributed by atoms with Crippen molar-refractivity contribution in [2.24, 2.45) is 12.9 Å². The van der Waals surface area contributed by atoms with E-state index in [4.69, 9.17) is 5.84 Å². The van der Waals surface area contributed by atoms with Crippen LogP contribution in [0.2, 0.25) is 0 Å². The van der Waals surface area contributed by atoms with E-state index in [-0.39, 0.29) is 0 Å². The Balaban J connectivity index is 2.24. The Kier molecular flexibility index (Phi) is 3.07. The van der Waals surface area contributed by atoms with Gasteiger partial charge in [0.05, 0.1) is 11.1 Å². The van der Waals surface area contributed by atoms with Gasteiger partial charge >= 0.3 is 0 Å². The van der Waals surface area contributed by atoms with Crippen LogP contribution in [0.4, 0.5) is 5.95 Å². The summed E-state index contributed by atoms with van der Waals surface area (Å²) in [4.78, 5) is 9.38. The standard InChI is InChI=1S/C9H12N6S/c1-6-3-8(13-9(12-6)14-10)16-7-4-11-15(2)5-7/h3-5H,10H2,1-2H3,(H,12,13,14). The summed E-state index contributed by atoms with van der Waals surface area (Å²) in [5.41, 5.74) is 3.31. The highest BCUT2D eigenvalue weighted by Crippen LogP contribution is 2.26. The number of hydrazine groups is 1. The van der Waals surface area contributed by atoms with Crippen molar-refractivity contribution in [1.82, 2.24) is 19.7 Å². The van der Waals surface area contributed by atoms with E-state index in [1.165, 1.54) is 11.8 Å². The lowest BCUT2D eigenvalue weighted by Crippen LogP contribution is -2.11. The fraction of sp³-hybridized carbons (Fsp3) is 0.222. The zero-order valence-corrected chi connectivity index (χ0v) is 9.82. The molecular formula is C9H12N6S. The molecule has 0 aromatic carbocycles. The Morgan fingerprint density at radius 1 is 1.44 bits per heavy atom. The van der Waals surface area contributed by atoms with Crippen LogP contribution < -0.4 is 11.3 Å². The second-order valence-corrected chi connectivity index (χ2v) is 4.36. The number of nitrogens with zero attached hydrogens (tertiary/aromatic N) is 4. The molecule has 16 heavy (non-hydrogen) atoms. The first-order chi connectivity index (χ1) is 7.67. The number of anilines is 1. The number of rotatable bonds is 3.